The maximum Gasteiger partial charge on any atom is 0.216 e. The Bertz CT molecular complexity index is 1200. The van der Waals surface area contributed by atoms with Gasteiger partial charge < -0.3 is 4.74 Å². The van der Waals surface area contributed by atoms with Gasteiger partial charge in [-0.3, -0.25) is 9.89 Å². The van der Waals surface area contributed by atoms with Crippen LogP contribution in [0, 0.1) is 17.8 Å². The summed E-state index contributed by atoms with van der Waals surface area (Å²) in [5.74, 6) is 0.0723. The molecular weight excluding hydrogens is 583 g/mol. The fourth-order valence-corrected chi connectivity index (χ4v) is 4.40. The Morgan fingerprint density at radius 2 is 1.67 bits per heavy atom. The number of benzene rings is 1. The molecule has 0 saturated heterocycles. The Labute approximate surface area is 280 Å². The number of aromatic nitrogens is 2. The van der Waals surface area contributed by atoms with Crippen LogP contribution in [-0.4, -0.2) is 22.6 Å². The topological polar surface area (TPSA) is 55.0 Å². The van der Waals surface area contributed by atoms with Crippen molar-refractivity contribution in [2.75, 3.05) is 6.61 Å². The number of nitrogens with zero attached hydrogens (tertiary/aromatic N) is 1. The van der Waals surface area contributed by atoms with Crippen LogP contribution in [0.25, 0.3) is 5.57 Å². The molecule has 1 aromatic carbocycles. The lowest BCUT2D eigenvalue weighted by atomic mass is 9.82. The van der Waals surface area contributed by atoms with Crippen LogP contribution >= 0.6 is 11.6 Å². The fraction of sp³-hybridized carbons (Fsp3) is 0.538. The van der Waals surface area contributed by atoms with E-state index in [-0.39, 0.29) is 17.6 Å². The van der Waals surface area contributed by atoms with Gasteiger partial charge in [-0.05, 0) is 66.7 Å². The summed E-state index contributed by atoms with van der Waals surface area (Å²) in [5, 5.41) is 6.65. The minimum Gasteiger partial charge on any atom is -0.493 e. The number of aromatic amines is 1. The first-order valence-electron chi connectivity index (χ1n) is 16.9. The first kappa shape index (κ1) is 44.2. The monoisotopic (exact) mass is 644 g/mol. The van der Waals surface area contributed by atoms with E-state index in [1.54, 1.807) is 19.1 Å². The highest BCUT2D eigenvalue weighted by molar-refractivity contribution is 6.30. The van der Waals surface area contributed by atoms with Crippen molar-refractivity contribution in [3.05, 3.63) is 88.0 Å². The first-order chi connectivity index (χ1) is 21.6. The summed E-state index contributed by atoms with van der Waals surface area (Å²) in [6, 6.07) is 5.47. The fourth-order valence-electron chi connectivity index (χ4n) is 4.21. The lowest BCUT2D eigenvalue weighted by molar-refractivity contribution is -0.120. The molecule has 1 N–H and O–H groups in total. The molecule has 45 heavy (non-hydrogen) atoms. The van der Waals surface area contributed by atoms with E-state index in [4.69, 9.17) is 16.3 Å². The van der Waals surface area contributed by atoms with Crippen molar-refractivity contribution < 1.29 is 13.9 Å². The third-order valence-electron chi connectivity index (χ3n) is 6.66. The summed E-state index contributed by atoms with van der Waals surface area (Å²) in [4.78, 5) is 13.6. The quantitative estimate of drug-likeness (QED) is 0.159. The molecule has 1 unspecified atom stereocenters. The minimum atomic E-state index is -0.490. The molecule has 254 valence electrons. The molecule has 0 amide bonds. The van der Waals surface area contributed by atoms with E-state index < -0.39 is 5.95 Å². The number of nitrogens with one attached hydrogen (secondary N) is 1. The second-order valence-corrected chi connectivity index (χ2v) is 11.1. The van der Waals surface area contributed by atoms with Crippen molar-refractivity contribution in [1.82, 2.24) is 10.2 Å². The van der Waals surface area contributed by atoms with E-state index >= 15 is 0 Å². The van der Waals surface area contributed by atoms with Crippen molar-refractivity contribution in [2.45, 2.75) is 122 Å². The van der Waals surface area contributed by atoms with E-state index in [1.165, 1.54) is 38.3 Å². The Balaban J connectivity index is 0. The van der Waals surface area contributed by atoms with Gasteiger partial charge in [0.2, 0.25) is 5.95 Å². The number of fused-ring (bicyclic) bond motifs is 1. The zero-order valence-electron chi connectivity index (χ0n) is 30.4. The number of ether oxygens (including phenoxy) is 1. The van der Waals surface area contributed by atoms with Gasteiger partial charge in [-0.2, -0.15) is 9.49 Å². The molecule has 1 atom stereocenters. The smallest absolute Gasteiger partial charge is 0.216 e. The summed E-state index contributed by atoms with van der Waals surface area (Å²) >= 11 is 6.13. The van der Waals surface area contributed by atoms with Crippen LogP contribution in [0.5, 0.6) is 5.75 Å². The maximum atomic E-state index is 13.9. The van der Waals surface area contributed by atoms with Crippen molar-refractivity contribution >= 4 is 23.0 Å². The standard InChI is InChI=1S/C26H28ClFN2O2.C6H14.C3H8.2C2H6/c1-6-21(25(31)19-11-18-12-20(27)8-10-24(18)32-14-19)22(17(5)15(2)3)9-7-16(4)23-13-29-30-26(23)28;1-3-5-6-4-2;1-3-2;2*1-2/h6-10,12-13,15,19H,5,11,14H2,1-4H3,(H,29,30);3-6H2,1-2H3;3H2,1-2H3;2*1-2H3/b16-7+,21-6+,22-9+;;;;. The van der Waals surface area contributed by atoms with Gasteiger partial charge in [-0.1, -0.05) is 138 Å². The molecule has 0 fully saturated rings. The van der Waals surface area contributed by atoms with E-state index in [0.717, 1.165) is 22.5 Å². The first-order valence-corrected chi connectivity index (χ1v) is 17.3. The molecule has 1 aliphatic heterocycles. The second-order valence-electron chi connectivity index (χ2n) is 10.7. The zero-order chi connectivity index (χ0) is 34.9. The molecule has 0 aliphatic carbocycles. The Hall–Kier alpha value is -2.92. The largest absolute Gasteiger partial charge is 0.493 e. The zero-order valence-corrected chi connectivity index (χ0v) is 31.1. The highest BCUT2D eigenvalue weighted by Crippen LogP contribution is 2.34. The summed E-state index contributed by atoms with van der Waals surface area (Å²) in [6.45, 7) is 28.9. The van der Waals surface area contributed by atoms with E-state index in [9.17, 15) is 9.18 Å². The third-order valence-corrected chi connectivity index (χ3v) is 6.90. The number of H-pyrrole nitrogens is 1. The van der Waals surface area contributed by atoms with Gasteiger partial charge >= 0.3 is 0 Å². The van der Waals surface area contributed by atoms with Crippen LogP contribution in [0.2, 0.25) is 5.02 Å². The second kappa shape index (κ2) is 26.3. The maximum absolute atomic E-state index is 13.9. The van der Waals surface area contributed by atoms with Crippen LogP contribution in [0.1, 0.15) is 126 Å². The lowest BCUT2D eigenvalue weighted by Gasteiger charge is -2.26. The normalized spacial score (nSPS) is 14.1. The van der Waals surface area contributed by atoms with Crippen LogP contribution in [0.15, 0.2) is 65.9 Å². The number of hydrogen-bond donors (Lipinski definition) is 1. The molecular formula is C39H62ClFN2O2. The van der Waals surface area contributed by atoms with Gasteiger partial charge in [0.1, 0.15) is 5.75 Å². The predicted octanol–water partition coefficient (Wildman–Crippen LogP) is 12.6. The van der Waals surface area contributed by atoms with Crippen LogP contribution in [0.4, 0.5) is 4.39 Å². The van der Waals surface area contributed by atoms with Crippen LogP contribution < -0.4 is 4.74 Å². The molecule has 0 radical (unpaired) electrons. The average Bonchev–Trinajstić information content (AvgIpc) is 3.49. The number of hydrogen-bond acceptors (Lipinski definition) is 3. The van der Waals surface area contributed by atoms with Gasteiger partial charge in [0.15, 0.2) is 5.78 Å². The number of carbonyl (C=O) groups is 1. The van der Waals surface area contributed by atoms with E-state index in [0.29, 0.717) is 34.8 Å². The molecule has 4 nitrogen and oxygen atoms in total. The Morgan fingerprint density at radius 1 is 1.09 bits per heavy atom. The highest BCUT2D eigenvalue weighted by atomic mass is 35.5. The number of carbonyl (C=O) groups excluding carboxylic acids is 1. The number of halogens is 2. The Morgan fingerprint density at radius 3 is 2.13 bits per heavy atom. The van der Waals surface area contributed by atoms with E-state index in [2.05, 4.69) is 44.5 Å². The number of ketones is 1. The minimum absolute atomic E-state index is 0.00767. The SMILES string of the molecule is C=C(C(=C\C=C(/C)c1cn[nH]c1F)/C(=C\C)C(=O)C1COc2ccc(Cl)cc2C1)C(C)C.CC.CC.CCC.CCCCCC. The number of rotatable bonds is 10. The molecule has 0 saturated carbocycles. The third kappa shape index (κ3) is 15.8. The van der Waals surface area contributed by atoms with Gasteiger partial charge in [-0.15, -0.1) is 0 Å². The number of unbranched alkanes of at least 4 members (excludes halogenated alkanes) is 3. The van der Waals surface area contributed by atoms with Crippen LogP contribution in [0.3, 0.4) is 0 Å². The van der Waals surface area contributed by atoms with Gasteiger partial charge in [-0.25, -0.2) is 0 Å². The van der Waals surface area contributed by atoms with Crippen molar-refractivity contribution in [3.8, 4) is 5.75 Å². The van der Waals surface area contributed by atoms with Gasteiger partial charge in [0.05, 0.1) is 24.3 Å². The molecule has 2 aromatic rings. The number of allylic oxidation sites excluding steroid dienone is 7. The summed E-state index contributed by atoms with van der Waals surface area (Å²) in [6.07, 6.45) is 14.2. The highest BCUT2D eigenvalue weighted by Gasteiger charge is 2.30. The molecule has 1 aliphatic rings. The molecule has 6 heteroatoms. The van der Waals surface area contributed by atoms with Gasteiger partial charge in [0, 0.05) is 10.6 Å². The lowest BCUT2D eigenvalue weighted by Crippen LogP contribution is -2.30. The molecule has 0 spiro atoms. The summed E-state index contributed by atoms with van der Waals surface area (Å²) in [7, 11) is 0. The number of Topliss-reactive ketones (excluding diaryl/α,β-unsaturated/α-hetero) is 1. The Kier molecular flexibility index (Phi) is 25.8. The molecule has 3 rings (SSSR count). The predicted molar refractivity (Wildman–Crippen MR) is 196 cm³/mol. The summed E-state index contributed by atoms with van der Waals surface area (Å²) in [5.41, 5.74) is 4.17. The van der Waals surface area contributed by atoms with Crippen molar-refractivity contribution in [2.24, 2.45) is 11.8 Å². The van der Waals surface area contributed by atoms with Crippen molar-refractivity contribution in [1.29, 1.82) is 0 Å². The van der Waals surface area contributed by atoms with Gasteiger partial charge in [0.25, 0.3) is 0 Å². The average molecular weight is 645 g/mol. The molecule has 1 aromatic heterocycles. The molecule has 0 bridgehead atoms. The summed E-state index contributed by atoms with van der Waals surface area (Å²) < 4.78 is 19.7. The van der Waals surface area contributed by atoms with Crippen LogP contribution in [-0.2, 0) is 11.2 Å². The van der Waals surface area contributed by atoms with E-state index in [1.807, 2.05) is 72.8 Å². The molecule has 2 heterocycles. The van der Waals surface area contributed by atoms with Crippen molar-refractivity contribution in [3.63, 3.8) is 0 Å².